The lowest BCUT2D eigenvalue weighted by atomic mass is 9.80. The van der Waals surface area contributed by atoms with E-state index in [4.69, 9.17) is 4.74 Å². The zero-order chi connectivity index (χ0) is 15.2. The molecule has 5 heteroatoms. The van der Waals surface area contributed by atoms with Crippen molar-refractivity contribution in [3.63, 3.8) is 0 Å². The Morgan fingerprint density at radius 2 is 2.14 bits per heavy atom. The molecule has 0 bridgehead atoms. The average Bonchev–Trinajstić information content (AvgIpc) is 2.92. The van der Waals surface area contributed by atoms with E-state index in [0.29, 0.717) is 11.2 Å². The van der Waals surface area contributed by atoms with Gasteiger partial charge in [0.15, 0.2) is 0 Å². The summed E-state index contributed by atoms with van der Waals surface area (Å²) in [5.41, 5.74) is 1.14. The summed E-state index contributed by atoms with van der Waals surface area (Å²) < 4.78 is 5.53. The van der Waals surface area contributed by atoms with Crippen molar-refractivity contribution in [1.29, 1.82) is 0 Å². The number of carbonyl (C=O) groups excluding carboxylic acids is 1. The summed E-state index contributed by atoms with van der Waals surface area (Å²) in [4.78, 5) is 20.7. The van der Waals surface area contributed by atoms with Crippen LogP contribution in [0.3, 0.4) is 0 Å². The molecule has 1 spiro atoms. The molecule has 1 aromatic carbocycles. The van der Waals surface area contributed by atoms with Crippen LogP contribution in [0.5, 0.6) is 5.75 Å². The summed E-state index contributed by atoms with van der Waals surface area (Å²) in [6.45, 7) is 3.76. The van der Waals surface area contributed by atoms with Gasteiger partial charge in [-0.3, -0.25) is 4.98 Å². The first-order valence-corrected chi connectivity index (χ1v) is 7.64. The lowest BCUT2D eigenvalue weighted by Gasteiger charge is -2.45. The maximum absolute atomic E-state index is 12.3. The minimum absolute atomic E-state index is 0.248. The van der Waals surface area contributed by atoms with E-state index in [1.54, 1.807) is 6.20 Å². The highest BCUT2D eigenvalue weighted by atomic mass is 16.6. The Kier molecular flexibility index (Phi) is 3.04. The Bertz CT molecular complexity index is 725. The third-order valence-electron chi connectivity index (χ3n) is 4.69. The van der Waals surface area contributed by atoms with Crippen LogP contribution in [-0.4, -0.2) is 54.1 Å². The monoisotopic (exact) mass is 297 g/mol. The fourth-order valence-corrected chi connectivity index (χ4v) is 3.72. The molecule has 2 fully saturated rings. The third-order valence-corrected chi connectivity index (χ3v) is 4.69. The topological polar surface area (TPSA) is 45.7 Å². The number of fused-ring (bicyclic) bond motifs is 1. The molecule has 1 amide bonds. The quantitative estimate of drug-likeness (QED) is 0.810. The van der Waals surface area contributed by atoms with Gasteiger partial charge in [-0.1, -0.05) is 6.07 Å². The summed E-state index contributed by atoms with van der Waals surface area (Å²) in [6.07, 6.45) is 2.57. The smallest absolute Gasteiger partial charge is 0.410 e. The Morgan fingerprint density at radius 3 is 2.95 bits per heavy atom. The average molecular weight is 297 g/mol. The molecule has 2 aliphatic rings. The maximum Gasteiger partial charge on any atom is 0.415 e. The van der Waals surface area contributed by atoms with Crippen LogP contribution in [0.15, 0.2) is 36.5 Å². The predicted molar refractivity (Wildman–Crippen MR) is 83.9 cm³/mol. The number of amides is 1. The maximum atomic E-state index is 12.3. The molecule has 0 saturated carbocycles. The Morgan fingerprint density at radius 1 is 1.27 bits per heavy atom. The summed E-state index contributed by atoms with van der Waals surface area (Å²) in [7, 11) is 2.12. The molecule has 22 heavy (non-hydrogen) atoms. The molecule has 5 nitrogen and oxygen atoms in total. The van der Waals surface area contributed by atoms with E-state index in [1.807, 2.05) is 35.2 Å². The molecular formula is C17H19N3O2. The Balaban J connectivity index is 1.45. The zero-order valence-electron chi connectivity index (χ0n) is 12.7. The molecule has 0 aliphatic carbocycles. The summed E-state index contributed by atoms with van der Waals surface area (Å²) in [6, 6.07) is 9.46. The number of ether oxygens (including phenoxy) is 1. The predicted octanol–water partition coefficient (Wildman–Crippen LogP) is 2.37. The van der Waals surface area contributed by atoms with Gasteiger partial charge in [0.05, 0.1) is 5.52 Å². The molecule has 114 valence electrons. The minimum Gasteiger partial charge on any atom is -0.410 e. The van der Waals surface area contributed by atoms with E-state index in [1.165, 1.54) is 0 Å². The normalized spacial score (nSPS) is 20.3. The van der Waals surface area contributed by atoms with Crippen LogP contribution in [-0.2, 0) is 0 Å². The fourth-order valence-electron chi connectivity index (χ4n) is 3.72. The zero-order valence-corrected chi connectivity index (χ0v) is 12.7. The highest BCUT2D eigenvalue weighted by Gasteiger charge is 2.47. The number of hydrogen-bond donors (Lipinski definition) is 0. The number of rotatable bonds is 1. The van der Waals surface area contributed by atoms with Gasteiger partial charge in [0.1, 0.15) is 5.75 Å². The van der Waals surface area contributed by atoms with E-state index in [-0.39, 0.29) is 6.09 Å². The lowest BCUT2D eigenvalue weighted by Crippen LogP contribution is -2.55. The van der Waals surface area contributed by atoms with Gasteiger partial charge >= 0.3 is 6.09 Å². The lowest BCUT2D eigenvalue weighted by molar-refractivity contribution is 0.0317. The van der Waals surface area contributed by atoms with Crippen LogP contribution >= 0.6 is 0 Å². The summed E-state index contributed by atoms with van der Waals surface area (Å²) in [5.74, 6) is 0.558. The molecule has 0 unspecified atom stereocenters. The molecule has 2 saturated heterocycles. The van der Waals surface area contributed by atoms with Gasteiger partial charge in [0.2, 0.25) is 0 Å². The fraction of sp³-hybridized carbons (Fsp3) is 0.412. The van der Waals surface area contributed by atoms with Crippen LogP contribution in [0.25, 0.3) is 10.9 Å². The molecule has 2 aromatic rings. The molecule has 1 aromatic heterocycles. The van der Waals surface area contributed by atoms with E-state index in [2.05, 4.69) is 16.9 Å². The van der Waals surface area contributed by atoms with Crippen molar-refractivity contribution in [3.05, 3.63) is 36.5 Å². The number of aromatic nitrogens is 1. The number of nitrogens with zero attached hydrogens (tertiary/aromatic N) is 3. The number of benzene rings is 1. The highest BCUT2D eigenvalue weighted by Crippen LogP contribution is 2.38. The molecule has 4 rings (SSSR count). The van der Waals surface area contributed by atoms with Crippen molar-refractivity contribution >= 4 is 17.0 Å². The van der Waals surface area contributed by atoms with Crippen molar-refractivity contribution in [2.75, 3.05) is 33.2 Å². The standard InChI is InChI=1S/C17H19N3O2/c1-19-10-17(11-19)6-8-20(12-17)16(21)22-14-5-4-13-3-2-7-18-15(13)9-14/h2-5,7,9H,6,8,10-12H2,1H3. The van der Waals surface area contributed by atoms with Crippen molar-refractivity contribution < 1.29 is 9.53 Å². The van der Waals surface area contributed by atoms with E-state index in [9.17, 15) is 4.79 Å². The summed E-state index contributed by atoms with van der Waals surface area (Å²) >= 11 is 0. The van der Waals surface area contributed by atoms with Gasteiger partial charge in [0.25, 0.3) is 0 Å². The first-order chi connectivity index (χ1) is 10.6. The second-order valence-corrected chi connectivity index (χ2v) is 6.57. The van der Waals surface area contributed by atoms with Crippen molar-refractivity contribution in [3.8, 4) is 5.75 Å². The highest BCUT2D eigenvalue weighted by molar-refractivity contribution is 5.81. The van der Waals surface area contributed by atoms with E-state index < -0.39 is 0 Å². The molecule has 2 aliphatic heterocycles. The van der Waals surface area contributed by atoms with Crippen LogP contribution in [0.4, 0.5) is 4.79 Å². The largest absolute Gasteiger partial charge is 0.415 e. The third kappa shape index (κ3) is 2.31. The van der Waals surface area contributed by atoms with Gasteiger partial charge in [0, 0.05) is 49.2 Å². The van der Waals surface area contributed by atoms with Gasteiger partial charge < -0.3 is 14.5 Å². The van der Waals surface area contributed by atoms with Crippen LogP contribution in [0.2, 0.25) is 0 Å². The van der Waals surface area contributed by atoms with Crippen LogP contribution < -0.4 is 4.74 Å². The van der Waals surface area contributed by atoms with Crippen LogP contribution in [0, 0.1) is 5.41 Å². The number of pyridine rings is 1. The van der Waals surface area contributed by atoms with Gasteiger partial charge in [-0.2, -0.15) is 0 Å². The van der Waals surface area contributed by atoms with Crippen molar-refractivity contribution in [1.82, 2.24) is 14.8 Å². The van der Waals surface area contributed by atoms with Crippen molar-refractivity contribution in [2.24, 2.45) is 5.41 Å². The first kappa shape index (κ1) is 13.5. The second-order valence-electron chi connectivity index (χ2n) is 6.57. The Labute approximate surface area is 129 Å². The van der Waals surface area contributed by atoms with Crippen LogP contribution in [0.1, 0.15) is 6.42 Å². The summed E-state index contributed by atoms with van der Waals surface area (Å²) in [5, 5.41) is 1.04. The molecule has 0 atom stereocenters. The molecule has 0 radical (unpaired) electrons. The van der Waals surface area contributed by atoms with Gasteiger partial charge in [-0.05, 0) is 31.7 Å². The van der Waals surface area contributed by atoms with Gasteiger partial charge in [-0.15, -0.1) is 0 Å². The number of likely N-dealkylation sites (tertiary alicyclic amines) is 2. The van der Waals surface area contributed by atoms with Crippen molar-refractivity contribution in [2.45, 2.75) is 6.42 Å². The minimum atomic E-state index is -0.248. The number of carbonyl (C=O) groups is 1. The molecular weight excluding hydrogens is 278 g/mol. The second kappa shape index (κ2) is 4.95. The van der Waals surface area contributed by atoms with E-state index in [0.717, 1.165) is 43.5 Å². The SMILES string of the molecule is CN1CC2(CCN(C(=O)Oc3ccc4cccnc4c3)C2)C1. The number of hydrogen-bond acceptors (Lipinski definition) is 4. The van der Waals surface area contributed by atoms with E-state index >= 15 is 0 Å². The van der Waals surface area contributed by atoms with Gasteiger partial charge in [-0.25, -0.2) is 4.79 Å². The first-order valence-electron chi connectivity index (χ1n) is 7.64. The Hall–Kier alpha value is -2.14. The molecule has 3 heterocycles. The molecule has 0 N–H and O–H groups in total.